The predicted molar refractivity (Wildman–Crippen MR) is 184 cm³/mol. The van der Waals surface area contributed by atoms with Gasteiger partial charge in [-0.15, -0.1) is 0 Å². The molecule has 1 amide bonds. The molecule has 0 bridgehead atoms. The first-order valence-electron chi connectivity index (χ1n) is 15.9. The number of imidazole rings is 1. The Morgan fingerprint density at radius 1 is 1.13 bits per heavy atom. The van der Waals surface area contributed by atoms with Gasteiger partial charge in [0.05, 0.1) is 30.3 Å². The number of ether oxygens (including phenoxy) is 2. The fourth-order valence-corrected chi connectivity index (χ4v) is 7.07. The Morgan fingerprint density at radius 2 is 1.87 bits per heavy atom. The van der Waals surface area contributed by atoms with Gasteiger partial charge in [-0.25, -0.2) is 14.2 Å². The minimum absolute atomic E-state index is 0.0250. The van der Waals surface area contributed by atoms with Crippen LogP contribution in [0.5, 0.6) is 5.75 Å². The van der Waals surface area contributed by atoms with Crippen LogP contribution in [0.15, 0.2) is 54.6 Å². The van der Waals surface area contributed by atoms with E-state index in [0.29, 0.717) is 58.5 Å². The highest BCUT2D eigenvalue weighted by atomic mass is 35.5. The zero-order valence-corrected chi connectivity index (χ0v) is 28.8. The highest BCUT2D eigenvalue weighted by molar-refractivity contribution is 6.31. The number of hydrogen-bond acceptors (Lipinski definition) is 6. The van der Waals surface area contributed by atoms with E-state index in [1.807, 2.05) is 18.4 Å². The quantitative estimate of drug-likeness (QED) is 0.103. The molecule has 1 fully saturated rings. The van der Waals surface area contributed by atoms with Crippen LogP contribution in [-0.2, 0) is 16.1 Å². The maximum absolute atomic E-state index is 15.8. The minimum atomic E-state index is -1.23. The van der Waals surface area contributed by atoms with Crippen molar-refractivity contribution < 1.29 is 23.5 Å². The molecule has 8 nitrogen and oxygen atoms in total. The van der Waals surface area contributed by atoms with Gasteiger partial charge in [-0.1, -0.05) is 61.2 Å². The highest BCUT2D eigenvalue weighted by Crippen LogP contribution is 2.45. The van der Waals surface area contributed by atoms with E-state index < -0.39 is 23.2 Å². The molecular formula is C36H41Cl2FN4O4. The number of rotatable bonds is 14. The van der Waals surface area contributed by atoms with Crippen molar-refractivity contribution in [2.75, 3.05) is 26.1 Å². The predicted octanol–water partition coefficient (Wildman–Crippen LogP) is 8.18. The normalized spacial score (nSPS) is 15.6. The second-order valence-electron chi connectivity index (χ2n) is 12.6. The number of amides is 1. The number of benzene rings is 3. The van der Waals surface area contributed by atoms with Crippen LogP contribution in [0, 0.1) is 24.6 Å². The first-order chi connectivity index (χ1) is 22.5. The SMILES string of the molecule is COC(=O)c1cc2nc(C)n(CCCNC(C)(C(=O)Nc3cccc(Cl)c3)C(c3cccc(Cl)c3F)C(C)CC3CC3)c2cc1OC. The summed E-state index contributed by atoms with van der Waals surface area (Å²) in [7, 11) is 2.83. The van der Waals surface area contributed by atoms with Gasteiger partial charge < -0.3 is 24.7 Å². The van der Waals surface area contributed by atoms with Crippen molar-refractivity contribution in [3.8, 4) is 5.75 Å². The molecule has 1 aliphatic carbocycles. The van der Waals surface area contributed by atoms with Crippen LogP contribution in [0.2, 0.25) is 10.0 Å². The smallest absolute Gasteiger partial charge is 0.341 e. The zero-order chi connectivity index (χ0) is 33.9. The van der Waals surface area contributed by atoms with Gasteiger partial charge in [-0.2, -0.15) is 0 Å². The monoisotopic (exact) mass is 682 g/mol. The maximum Gasteiger partial charge on any atom is 0.341 e. The Bertz CT molecular complexity index is 1780. The molecule has 3 aromatic carbocycles. The standard InChI is InChI=1S/C36H41Cl2FN4O4/c1-21(17-23-13-14-23)32(26-11-7-12-28(38)33(26)39)36(3,35(45)42-25-10-6-9-24(37)18-25)40-15-8-16-43-22(2)41-29-19-27(34(44)47-5)31(46-4)20-30(29)43/h6-7,9-12,18-21,23,32,40H,8,13-17H2,1-5H3,(H,42,45). The molecule has 0 aliphatic heterocycles. The van der Waals surface area contributed by atoms with Gasteiger partial charge in [0, 0.05) is 29.2 Å². The molecule has 3 atom stereocenters. The lowest BCUT2D eigenvalue weighted by Crippen LogP contribution is -2.58. The maximum atomic E-state index is 15.8. The largest absolute Gasteiger partial charge is 0.496 e. The Hall–Kier alpha value is -3.66. The van der Waals surface area contributed by atoms with Crippen LogP contribution in [0.3, 0.4) is 0 Å². The number of nitrogens with one attached hydrogen (secondary N) is 2. The fourth-order valence-electron chi connectivity index (χ4n) is 6.70. The van der Waals surface area contributed by atoms with Crippen LogP contribution < -0.4 is 15.4 Å². The molecule has 1 aliphatic rings. The third kappa shape index (κ3) is 7.58. The van der Waals surface area contributed by atoms with Crippen LogP contribution in [-0.4, -0.2) is 47.7 Å². The summed E-state index contributed by atoms with van der Waals surface area (Å²) < 4.78 is 28.3. The highest BCUT2D eigenvalue weighted by Gasteiger charge is 2.46. The number of aromatic nitrogens is 2. The van der Waals surface area contributed by atoms with Crippen LogP contribution in [0.25, 0.3) is 11.0 Å². The third-order valence-electron chi connectivity index (χ3n) is 9.18. The van der Waals surface area contributed by atoms with Gasteiger partial charge in [0.1, 0.15) is 28.5 Å². The average Bonchev–Trinajstić information content (AvgIpc) is 3.80. The molecule has 1 saturated carbocycles. The van der Waals surface area contributed by atoms with E-state index in [2.05, 4.69) is 22.5 Å². The zero-order valence-electron chi connectivity index (χ0n) is 27.3. The summed E-state index contributed by atoms with van der Waals surface area (Å²) in [5, 5.41) is 7.12. The van der Waals surface area contributed by atoms with Gasteiger partial charge in [-0.3, -0.25) is 4.79 Å². The van der Waals surface area contributed by atoms with Crippen molar-refractivity contribution in [2.24, 2.45) is 11.8 Å². The van der Waals surface area contributed by atoms with Crippen molar-refractivity contribution >= 4 is 51.8 Å². The number of halogens is 3. The second-order valence-corrected chi connectivity index (χ2v) is 13.4. The number of fused-ring (bicyclic) bond motifs is 1. The van der Waals surface area contributed by atoms with Crippen molar-refractivity contribution in [1.82, 2.24) is 14.9 Å². The summed E-state index contributed by atoms with van der Waals surface area (Å²) in [5.41, 5.74) is 1.49. The second kappa shape index (κ2) is 14.6. The molecule has 1 heterocycles. The van der Waals surface area contributed by atoms with Gasteiger partial charge in [0.2, 0.25) is 5.91 Å². The van der Waals surface area contributed by atoms with Crippen molar-refractivity contribution in [3.63, 3.8) is 0 Å². The minimum Gasteiger partial charge on any atom is -0.496 e. The topological polar surface area (TPSA) is 94.5 Å². The number of aryl methyl sites for hydroxylation is 2. The molecule has 11 heteroatoms. The molecule has 0 radical (unpaired) electrons. The van der Waals surface area contributed by atoms with E-state index in [0.717, 1.165) is 30.6 Å². The molecule has 3 unspecified atom stereocenters. The number of methoxy groups -OCH3 is 2. The third-order valence-corrected chi connectivity index (χ3v) is 9.71. The van der Waals surface area contributed by atoms with Gasteiger partial charge in [0.25, 0.3) is 0 Å². The number of nitrogens with zero attached hydrogens (tertiary/aromatic N) is 2. The lowest BCUT2D eigenvalue weighted by Gasteiger charge is -2.41. The van der Waals surface area contributed by atoms with Crippen molar-refractivity contribution in [2.45, 2.75) is 64.5 Å². The molecular weight excluding hydrogens is 642 g/mol. The van der Waals surface area contributed by atoms with Gasteiger partial charge in [0.15, 0.2) is 0 Å². The summed E-state index contributed by atoms with van der Waals surface area (Å²) >= 11 is 12.5. The van der Waals surface area contributed by atoms with E-state index in [4.69, 9.17) is 32.7 Å². The Balaban J connectivity index is 1.45. The Labute approximate surface area is 284 Å². The number of hydrogen-bond donors (Lipinski definition) is 2. The van der Waals surface area contributed by atoms with Gasteiger partial charge in [-0.05, 0) is 81.0 Å². The first-order valence-corrected chi connectivity index (χ1v) is 16.6. The fraction of sp³-hybridized carbons (Fsp3) is 0.417. The summed E-state index contributed by atoms with van der Waals surface area (Å²) in [6.45, 7) is 6.84. The molecule has 4 aromatic rings. The molecule has 1 aromatic heterocycles. The van der Waals surface area contributed by atoms with Crippen LogP contribution in [0.1, 0.15) is 67.2 Å². The lowest BCUT2D eigenvalue weighted by molar-refractivity contribution is -0.123. The van der Waals surface area contributed by atoms with E-state index in [-0.39, 0.29) is 16.8 Å². The van der Waals surface area contributed by atoms with E-state index >= 15 is 4.39 Å². The summed E-state index contributed by atoms with van der Waals surface area (Å²) in [6, 6.07) is 15.4. The molecule has 5 rings (SSSR count). The first kappa shape index (κ1) is 34.7. The van der Waals surface area contributed by atoms with Crippen molar-refractivity contribution in [3.05, 3.63) is 87.4 Å². The van der Waals surface area contributed by atoms with Crippen LogP contribution in [0.4, 0.5) is 10.1 Å². The number of carbonyl (C=O) groups is 2. The van der Waals surface area contributed by atoms with E-state index in [9.17, 15) is 9.59 Å². The summed E-state index contributed by atoms with van der Waals surface area (Å²) in [5.74, 6) is -0.150. The molecule has 250 valence electrons. The van der Waals surface area contributed by atoms with E-state index in [1.54, 1.807) is 48.5 Å². The average molecular weight is 684 g/mol. The summed E-state index contributed by atoms with van der Waals surface area (Å²) in [6.07, 6.45) is 3.76. The molecule has 47 heavy (non-hydrogen) atoms. The molecule has 0 saturated heterocycles. The number of carbonyl (C=O) groups excluding carboxylic acids is 2. The summed E-state index contributed by atoms with van der Waals surface area (Å²) in [4.78, 5) is 31.3. The Kier molecular flexibility index (Phi) is 10.8. The Morgan fingerprint density at radius 3 is 2.55 bits per heavy atom. The number of esters is 1. The van der Waals surface area contributed by atoms with Crippen LogP contribution >= 0.6 is 23.2 Å². The molecule has 2 N–H and O–H groups in total. The lowest BCUT2D eigenvalue weighted by atomic mass is 9.70. The van der Waals surface area contributed by atoms with Gasteiger partial charge >= 0.3 is 5.97 Å². The number of anilines is 1. The van der Waals surface area contributed by atoms with E-state index in [1.165, 1.54) is 20.3 Å². The molecule has 0 spiro atoms. The van der Waals surface area contributed by atoms with Crippen molar-refractivity contribution in [1.29, 1.82) is 0 Å².